The van der Waals surface area contributed by atoms with Gasteiger partial charge in [0.2, 0.25) is 11.8 Å². The number of nitrogens with one attached hydrogen (secondary N) is 1. The lowest BCUT2D eigenvalue weighted by Crippen LogP contribution is -2.52. The SMILES string of the molecule is CC[C@@H](C(=O)NC1CCCCC1)N(Cc1ccccc1Cl)C(=O)CSCc1ccc(C)cc1. The molecule has 33 heavy (non-hydrogen) atoms. The molecule has 1 aliphatic carbocycles. The summed E-state index contributed by atoms with van der Waals surface area (Å²) in [6.45, 7) is 4.37. The highest BCUT2D eigenvalue weighted by Gasteiger charge is 2.30. The number of benzene rings is 2. The van der Waals surface area contributed by atoms with Crippen molar-refractivity contribution in [3.8, 4) is 0 Å². The highest BCUT2D eigenvalue weighted by molar-refractivity contribution is 7.99. The Balaban J connectivity index is 1.70. The average molecular weight is 487 g/mol. The van der Waals surface area contributed by atoms with Crippen LogP contribution in [-0.2, 0) is 21.9 Å². The summed E-state index contributed by atoms with van der Waals surface area (Å²) < 4.78 is 0. The Hall–Kier alpha value is -1.98. The van der Waals surface area contributed by atoms with Crippen LogP contribution in [0.4, 0.5) is 0 Å². The van der Waals surface area contributed by atoms with Crippen LogP contribution in [0.5, 0.6) is 0 Å². The van der Waals surface area contributed by atoms with Crippen molar-refractivity contribution in [3.05, 3.63) is 70.2 Å². The molecule has 6 heteroatoms. The number of aryl methyl sites for hydroxylation is 1. The molecule has 0 aliphatic heterocycles. The van der Waals surface area contributed by atoms with Crippen LogP contribution >= 0.6 is 23.4 Å². The maximum Gasteiger partial charge on any atom is 0.243 e. The van der Waals surface area contributed by atoms with Crippen LogP contribution in [0.2, 0.25) is 5.02 Å². The molecule has 1 atom stereocenters. The van der Waals surface area contributed by atoms with Crippen molar-refractivity contribution in [2.45, 2.75) is 76.8 Å². The van der Waals surface area contributed by atoms with E-state index in [0.29, 0.717) is 23.7 Å². The van der Waals surface area contributed by atoms with E-state index in [-0.39, 0.29) is 17.9 Å². The van der Waals surface area contributed by atoms with Crippen molar-refractivity contribution in [2.24, 2.45) is 0 Å². The van der Waals surface area contributed by atoms with Crippen molar-refractivity contribution < 1.29 is 9.59 Å². The molecule has 1 fully saturated rings. The molecule has 0 bridgehead atoms. The summed E-state index contributed by atoms with van der Waals surface area (Å²) in [4.78, 5) is 28.4. The smallest absolute Gasteiger partial charge is 0.243 e. The molecule has 1 N–H and O–H groups in total. The number of nitrogens with zero attached hydrogens (tertiary/aromatic N) is 1. The van der Waals surface area contributed by atoms with E-state index in [9.17, 15) is 9.59 Å². The molecular formula is C27H35ClN2O2S. The van der Waals surface area contributed by atoms with Crippen molar-refractivity contribution in [3.63, 3.8) is 0 Å². The Labute approximate surface area is 207 Å². The van der Waals surface area contributed by atoms with Gasteiger partial charge in [-0.25, -0.2) is 0 Å². The number of thioether (sulfide) groups is 1. The van der Waals surface area contributed by atoms with Gasteiger partial charge in [0.25, 0.3) is 0 Å². The first-order valence-electron chi connectivity index (χ1n) is 11.9. The molecule has 2 aromatic carbocycles. The van der Waals surface area contributed by atoms with Gasteiger partial charge in [-0.15, -0.1) is 11.8 Å². The van der Waals surface area contributed by atoms with Gasteiger partial charge in [0.15, 0.2) is 0 Å². The summed E-state index contributed by atoms with van der Waals surface area (Å²) in [6, 6.07) is 15.6. The second-order valence-corrected chi connectivity index (χ2v) is 10.3. The van der Waals surface area contributed by atoms with Gasteiger partial charge >= 0.3 is 0 Å². The van der Waals surface area contributed by atoms with Crippen molar-refractivity contribution in [1.29, 1.82) is 0 Å². The maximum absolute atomic E-state index is 13.4. The highest BCUT2D eigenvalue weighted by Crippen LogP contribution is 2.23. The van der Waals surface area contributed by atoms with E-state index >= 15 is 0 Å². The summed E-state index contributed by atoms with van der Waals surface area (Å²) >= 11 is 7.99. The van der Waals surface area contributed by atoms with Crippen LogP contribution in [0.15, 0.2) is 48.5 Å². The highest BCUT2D eigenvalue weighted by atomic mass is 35.5. The van der Waals surface area contributed by atoms with Gasteiger partial charge in [-0.05, 0) is 43.4 Å². The van der Waals surface area contributed by atoms with E-state index in [4.69, 9.17) is 11.6 Å². The van der Waals surface area contributed by atoms with Gasteiger partial charge in [0, 0.05) is 23.4 Å². The molecule has 0 heterocycles. The molecule has 0 aromatic heterocycles. The molecule has 2 aromatic rings. The first-order valence-corrected chi connectivity index (χ1v) is 13.5. The zero-order chi connectivity index (χ0) is 23.6. The Kier molecular flexibility index (Phi) is 10.1. The fourth-order valence-electron chi connectivity index (χ4n) is 4.30. The van der Waals surface area contributed by atoms with Crippen LogP contribution in [-0.4, -0.2) is 34.6 Å². The van der Waals surface area contributed by atoms with Crippen LogP contribution in [0.3, 0.4) is 0 Å². The molecular weight excluding hydrogens is 452 g/mol. The first kappa shape index (κ1) is 25.6. The summed E-state index contributed by atoms with van der Waals surface area (Å²) in [6.07, 6.45) is 6.15. The average Bonchev–Trinajstić information content (AvgIpc) is 2.82. The Bertz CT molecular complexity index is 913. The molecule has 0 saturated heterocycles. The third-order valence-corrected chi connectivity index (χ3v) is 7.61. The molecule has 1 saturated carbocycles. The monoisotopic (exact) mass is 486 g/mol. The quantitative estimate of drug-likeness (QED) is 0.439. The van der Waals surface area contributed by atoms with Gasteiger partial charge < -0.3 is 10.2 Å². The minimum Gasteiger partial charge on any atom is -0.352 e. The van der Waals surface area contributed by atoms with E-state index < -0.39 is 6.04 Å². The third-order valence-electron chi connectivity index (χ3n) is 6.25. The second-order valence-electron chi connectivity index (χ2n) is 8.86. The van der Waals surface area contributed by atoms with Crippen molar-refractivity contribution in [2.75, 3.05) is 5.75 Å². The minimum atomic E-state index is -0.504. The van der Waals surface area contributed by atoms with E-state index in [2.05, 4.69) is 36.5 Å². The van der Waals surface area contributed by atoms with Crippen molar-refractivity contribution in [1.82, 2.24) is 10.2 Å². The van der Waals surface area contributed by atoms with E-state index in [1.54, 1.807) is 16.7 Å². The van der Waals surface area contributed by atoms with Crippen molar-refractivity contribution >= 4 is 35.2 Å². The molecule has 3 rings (SSSR count). The summed E-state index contributed by atoms with van der Waals surface area (Å²) in [5, 5.41) is 3.84. The van der Waals surface area contributed by atoms with Gasteiger partial charge in [-0.3, -0.25) is 9.59 Å². The van der Waals surface area contributed by atoms with Crippen LogP contribution in [0.25, 0.3) is 0 Å². The van der Waals surface area contributed by atoms with E-state index in [1.165, 1.54) is 17.5 Å². The molecule has 178 valence electrons. The second kappa shape index (κ2) is 13.0. The number of hydrogen-bond acceptors (Lipinski definition) is 3. The molecule has 4 nitrogen and oxygen atoms in total. The fraction of sp³-hybridized carbons (Fsp3) is 0.481. The van der Waals surface area contributed by atoms with Gasteiger partial charge in [0.1, 0.15) is 6.04 Å². The van der Waals surface area contributed by atoms with Crippen LogP contribution in [0.1, 0.15) is 62.1 Å². The van der Waals surface area contributed by atoms with Crippen LogP contribution < -0.4 is 5.32 Å². The molecule has 2 amide bonds. The van der Waals surface area contributed by atoms with Gasteiger partial charge in [-0.1, -0.05) is 85.8 Å². The van der Waals surface area contributed by atoms with Gasteiger partial charge in [-0.2, -0.15) is 0 Å². The maximum atomic E-state index is 13.4. The lowest BCUT2D eigenvalue weighted by molar-refractivity contribution is -0.139. The standard InChI is InChI=1S/C27H35ClN2O2S/c1-3-25(27(32)29-23-10-5-4-6-11-23)30(17-22-9-7-8-12-24(22)28)26(31)19-33-18-21-15-13-20(2)14-16-21/h7-9,12-16,23,25H,3-6,10-11,17-19H2,1-2H3,(H,29,32)/t25-/m0/s1. The molecule has 1 aliphatic rings. The third kappa shape index (κ3) is 7.79. The largest absolute Gasteiger partial charge is 0.352 e. The number of carbonyl (C=O) groups is 2. The van der Waals surface area contributed by atoms with E-state index in [0.717, 1.165) is 37.0 Å². The Morgan fingerprint density at radius 2 is 1.79 bits per heavy atom. The lowest BCUT2D eigenvalue weighted by Gasteiger charge is -2.33. The number of amides is 2. The normalized spacial score (nSPS) is 15.1. The fourth-order valence-corrected chi connectivity index (χ4v) is 5.36. The number of hydrogen-bond donors (Lipinski definition) is 1. The van der Waals surface area contributed by atoms with Gasteiger partial charge in [0.05, 0.1) is 5.75 Å². The number of carbonyl (C=O) groups excluding carboxylic acids is 2. The molecule has 0 unspecified atom stereocenters. The summed E-state index contributed by atoms with van der Waals surface area (Å²) in [5.41, 5.74) is 3.28. The molecule has 0 radical (unpaired) electrons. The number of rotatable bonds is 10. The first-order chi connectivity index (χ1) is 16.0. The topological polar surface area (TPSA) is 49.4 Å². The zero-order valence-corrected chi connectivity index (χ0v) is 21.3. The summed E-state index contributed by atoms with van der Waals surface area (Å²) in [7, 11) is 0. The predicted octanol–water partition coefficient (Wildman–Crippen LogP) is 6.14. The Morgan fingerprint density at radius 1 is 1.09 bits per heavy atom. The lowest BCUT2D eigenvalue weighted by atomic mass is 9.95. The number of halogens is 1. The van der Waals surface area contributed by atoms with E-state index in [1.807, 2.05) is 31.2 Å². The zero-order valence-electron chi connectivity index (χ0n) is 19.7. The predicted molar refractivity (Wildman–Crippen MR) is 138 cm³/mol. The summed E-state index contributed by atoms with van der Waals surface area (Å²) in [5.74, 6) is 1.01. The Morgan fingerprint density at radius 3 is 2.45 bits per heavy atom. The molecule has 0 spiro atoms. The minimum absolute atomic E-state index is 0.0299. The van der Waals surface area contributed by atoms with Crippen LogP contribution in [0, 0.1) is 6.92 Å².